The molecule has 3 aromatic rings. The smallest absolute Gasteiger partial charge is 0.308 e. The van der Waals surface area contributed by atoms with Crippen LogP contribution in [0.1, 0.15) is 37.7 Å². The maximum Gasteiger partial charge on any atom is 0.308 e. The number of rotatable bonds is 10. The van der Waals surface area contributed by atoms with Gasteiger partial charge >= 0.3 is 11.9 Å². The normalized spacial score (nSPS) is 18.1. The Kier molecular flexibility index (Phi) is 7.35. The third-order valence-electron chi connectivity index (χ3n) is 6.17. The van der Waals surface area contributed by atoms with E-state index in [-0.39, 0.29) is 24.6 Å². The Hall–Kier alpha value is -4.23. The van der Waals surface area contributed by atoms with Crippen LogP contribution in [0.25, 0.3) is 11.7 Å². The maximum atomic E-state index is 14.4. The van der Waals surface area contributed by atoms with Crippen LogP contribution in [0.2, 0.25) is 5.02 Å². The van der Waals surface area contributed by atoms with Crippen molar-refractivity contribution in [2.45, 2.75) is 44.4 Å². The number of hydrogen-bond donors (Lipinski definition) is 4. The molecule has 1 saturated carbocycles. The maximum absolute atomic E-state index is 14.4. The van der Waals surface area contributed by atoms with Gasteiger partial charge < -0.3 is 25.6 Å². The highest BCUT2D eigenvalue weighted by molar-refractivity contribution is 6.30. The summed E-state index contributed by atoms with van der Waals surface area (Å²) in [5.41, 5.74) is 1.35. The number of anilines is 3. The molecule has 39 heavy (non-hydrogen) atoms. The molecule has 3 heterocycles. The lowest BCUT2D eigenvalue weighted by Crippen LogP contribution is -2.36. The minimum atomic E-state index is -1.37. The molecule has 1 atom stereocenters. The van der Waals surface area contributed by atoms with Crippen molar-refractivity contribution in [2.24, 2.45) is 0 Å². The van der Waals surface area contributed by atoms with Gasteiger partial charge in [-0.05, 0) is 42.7 Å². The summed E-state index contributed by atoms with van der Waals surface area (Å²) < 4.78 is 20.9. The van der Waals surface area contributed by atoms with Crippen LogP contribution in [0, 0.1) is 5.82 Å². The number of carboxylic acids is 1. The highest BCUT2D eigenvalue weighted by Crippen LogP contribution is 2.31. The third kappa shape index (κ3) is 6.10. The molecule has 0 bridgehead atoms. The number of aromatic nitrogens is 3. The summed E-state index contributed by atoms with van der Waals surface area (Å²) in [6.45, 7) is -0.516. The van der Waals surface area contributed by atoms with Crippen molar-refractivity contribution >= 4 is 58.5 Å². The number of nitrogens with one attached hydrogen (secondary N) is 2. The Balaban J connectivity index is 1.40. The number of amides is 1. The molecule has 0 spiro atoms. The van der Waals surface area contributed by atoms with Crippen LogP contribution in [0.15, 0.2) is 36.0 Å². The standard InChI is InChI=1S/C25H24ClFN6O6/c26-15-1-4-17(27)18(9-15)30-19-10-20(29-16-2-3-16)33-24(31-19)14(11-28-33)7-13-8-21(34)32(25(13)38)12-39-23(37)6-5-22(35)36/h1,4,7,9-11,16,25,29,38H,2-3,5-6,8,12H2,(H,30,31)(H,35,36). The monoisotopic (exact) mass is 558 g/mol. The molecule has 1 unspecified atom stereocenters. The molecule has 1 saturated heterocycles. The summed E-state index contributed by atoms with van der Waals surface area (Å²) in [5.74, 6) is -1.99. The number of ether oxygens (including phenoxy) is 1. The molecule has 2 aliphatic rings. The molecular formula is C25H24ClFN6O6. The van der Waals surface area contributed by atoms with Gasteiger partial charge in [0.2, 0.25) is 5.91 Å². The van der Waals surface area contributed by atoms with E-state index in [1.54, 1.807) is 16.7 Å². The first-order valence-electron chi connectivity index (χ1n) is 12.1. The second-order valence-electron chi connectivity index (χ2n) is 9.20. The van der Waals surface area contributed by atoms with Gasteiger partial charge in [0.25, 0.3) is 0 Å². The topological polar surface area (TPSA) is 158 Å². The second-order valence-corrected chi connectivity index (χ2v) is 9.64. The van der Waals surface area contributed by atoms with Crippen LogP contribution < -0.4 is 10.6 Å². The first-order chi connectivity index (χ1) is 18.7. The zero-order chi connectivity index (χ0) is 27.7. The Morgan fingerprint density at radius 2 is 2.05 bits per heavy atom. The van der Waals surface area contributed by atoms with E-state index in [2.05, 4.69) is 20.7 Å². The number of aliphatic hydroxyl groups excluding tert-OH is 1. The van der Waals surface area contributed by atoms with Crippen LogP contribution in [-0.2, 0) is 19.1 Å². The van der Waals surface area contributed by atoms with E-state index in [1.807, 2.05) is 0 Å². The van der Waals surface area contributed by atoms with Gasteiger partial charge in [0.15, 0.2) is 18.6 Å². The predicted octanol–water partition coefficient (Wildman–Crippen LogP) is 3.14. The first-order valence-corrected chi connectivity index (χ1v) is 12.5. The lowest BCUT2D eigenvalue weighted by Gasteiger charge is -2.20. The summed E-state index contributed by atoms with van der Waals surface area (Å²) in [4.78, 5) is 40.4. The summed E-state index contributed by atoms with van der Waals surface area (Å²) in [6, 6.07) is 6.10. The number of halogens is 2. The quantitative estimate of drug-likeness (QED) is 0.272. The number of esters is 1. The van der Waals surface area contributed by atoms with E-state index in [9.17, 15) is 23.9 Å². The van der Waals surface area contributed by atoms with E-state index < -0.39 is 43.0 Å². The van der Waals surface area contributed by atoms with Gasteiger partial charge in [0.05, 0.1) is 31.1 Å². The van der Waals surface area contributed by atoms with Crippen molar-refractivity contribution < 1.29 is 33.7 Å². The minimum Gasteiger partial charge on any atom is -0.481 e. The Morgan fingerprint density at radius 3 is 2.79 bits per heavy atom. The summed E-state index contributed by atoms with van der Waals surface area (Å²) in [7, 11) is 0. The van der Waals surface area contributed by atoms with E-state index in [0.29, 0.717) is 33.4 Å². The molecule has 4 N–H and O–H groups in total. The number of aliphatic carboxylic acids is 1. The first kappa shape index (κ1) is 26.4. The molecular weight excluding hydrogens is 535 g/mol. The lowest BCUT2D eigenvalue weighted by molar-refractivity contribution is -0.158. The minimum absolute atomic E-state index is 0.135. The van der Waals surface area contributed by atoms with Gasteiger partial charge in [-0.15, -0.1) is 0 Å². The zero-order valence-corrected chi connectivity index (χ0v) is 21.2. The van der Waals surface area contributed by atoms with E-state index >= 15 is 0 Å². The SMILES string of the molecule is O=C(O)CCC(=O)OCN1C(=O)CC(=Cc2cnn3c(NC4CC4)cc(Nc4cc(Cl)ccc4F)nc23)C1O. The molecule has 1 aromatic carbocycles. The number of nitrogens with zero attached hydrogens (tertiary/aromatic N) is 4. The van der Waals surface area contributed by atoms with Crippen LogP contribution in [-0.4, -0.2) is 66.6 Å². The molecule has 14 heteroatoms. The molecule has 0 radical (unpaired) electrons. The fraction of sp³-hybridized carbons (Fsp3) is 0.320. The highest BCUT2D eigenvalue weighted by Gasteiger charge is 2.35. The van der Waals surface area contributed by atoms with Crippen molar-refractivity contribution in [3.8, 4) is 0 Å². The fourth-order valence-electron chi connectivity index (χ4n) is 4.01. The van der Waals surface area contributed by atoms with E-state index in [1.165, 1.54) is 24.4 Å². The van der Waals surface area contributed by atoms with Gasteiger partial charge in [-0.2, -0.15) is 9.61 Å². The Labute approximate surface area is 226 Å². The van der Waals surface area contributed by atoms with Crippen LogP contribution in [0.5, 0.6) is 0 Å². The van der Waals surface area contributed by atoms with Crippen molar-refractivity contribution in [1.82, 2.24) is 19.5 Å². The second kappa shape index (κ2) is 10.9. The third-order valence-corrected chi connectivity index (χ3v) is 6.41. The van der Waals surface area contributed by atoms with Crippen LogP contribution in [0.4, 0.5) is 21.7 Å². The number of carbonyl (C=O) groups excluding carboxylic acids is 2. The van der Waals surface area contributed by atoms with Crippen molar-refractivity contribution in [3.63, 3.8) is 0 Å². The number of aliphatic hydroxyl groups is 1. The van der Waals surface area contributed by atoms with Crippen LogP contribution >= 0.6 is 11.6 Å². The van der Waals surface area contributed by atoms with Gasteiger partial charge in [-0.3, -0.25) is 19.3 Å². The molecule has 1 aliphatic carbocycles. The summed E-state index contributed by atoms with van der Waals surface area (Å²) >= 11 is 6.03. The molecule has 12 nitrogen and oxygen atoms in total. The number of carboxylic acid groups (broad SMARTS) is 1. The number of hydrogen-bond acceptors (Lipinski definition) is 9. The molecule has 204 valence electrons. The Morgan fingerprint density at radius 1 is 1.26 bits per heavy atom. The highest BCUT2D eigenvalue weighted by atomic mass is 35.5. The predicted molar refractivity (Wildman–Crippen MR) is 138 cm³/mol. The van der Waals surface area contributed by atoms with Gasteiger partial charge in [0.1, 0.15) is 17.5 Å². The largest absolute Gasteiger partial charge is 0.481 e. The Bertz CT molecular complexity index is 1490. The number of carbonyl (C=O) groups is 3. The van der Waals surface area contributed by atoms with Gasteiger partial charge in [-0.25, -0.2) is 9.37 Å². The summed E-state index contributed by atoms with van der Waals surface area (Å²) in [6.07, 6.45) is 2.85. The van der Waals surface area contributed by atoms with Crippen LogP contribution in [0.3, 0.4) is 0 Å². The van der Waals surface area contributed by atoms with Crippen molar-refractivity contribution in [3.05, 3.63) is 52.4 Å². The van der Waals surface area contributed by atoms with E-state index in [0.717, 1.165) is 17.7 Å². The number of benzene rings is 1. The zero-order valence-electron chi connectivity index (χ0n) is 20.4. The number of fused-ring (bicyclic) bond motifs is 1. The molecule has 2 aromatic heterocycles. The lowest BCUT2D eigenvalue weighted by atomic mass is 10.1. The van der Waals surface area contributed by atoms with Gasteiger partial charge in [0, 0.05) is 22.7 Å². The van der Waals surface area contributed by atoms with E-state index in [4.69, 9.17) is 21.4 Å². The molecule has 1 amide bonds. The average molecular weight is 559 g/mol. The molecule has 5 rings (SSSR count). The summed E-state index contributed by atoms with van der Waals surface area (Å²) in [5, 5.41) is 30.5. The molecule has 2 fully saturated rings. The molecule has 1 aliphatic heterocycles. The average Bonchev–Trinajstić information content (AvgIpc) is 3.55. The van der Waals surface area contributed by atoms with Gasteiger partial charge in [-0.1, -0.05) is 11.6 Å². The fourth-order valence-corrected chi connectivity index (χ4v) is 4.18. The number of likely N-dealkylation sites (tertiary alicyclic amines) is 1. The van der Waals surface area contributed by atoms with Crippen molar-refractivity contribution in [1.29, 1.82) is 0 Å². The van der Waals surface area contributed by atoms with Crippen molar-refractivity contribution in [2.75, 3.05) is 17.4 Å².